The minimum atomic E-state index is -1.43. The molecule has 12 heteroatoms. The maximum Gasteiger partial charge on any atom is 0.338 e. The molecule has 0 saturated carbocycles. The summed E-state index contributed by atoms with van der Waals surface area (Å²) in [6, 6.07) is 9.28. The Hall–Kier alpha value is -3.60. The fraction of sp³-hybridized carbons (Fsp3) is 0.231. The normalized spacial score (nSPS) is 15.1. The van der Waals surface area contributed by atoms with Gasteiger partial charge >= 0.3 is 5.97 Å². The molecule has 3 aromatic rings. The molecular formula is C26H21Cl2N2O7S-. The lowest BCUT2D eigenvalue weighted by atomic mass is 9.95. The van der Waals surface area contributed by atoms with Crippen molar-refractivity contribution in [2.75, 3.05) is 20.3 Å². The smallest absolute Gasteiger partial charge is 0.338 e. The van der Waals surface area contributed by atoms with E-state index < -0.39 is 24.6 Å². The monoisotopic (exact) mass is 575 g/mol. The Morgan fingerprint density at radius 1 is 1.21 bits per heavy atom. The van der Waals surface area contributed by atoms with Gasteiger partial charge in [0.2, 0.25) is 0 Å². The van der Waals surface area contributed by atoms with Gasteiger partial charge in [-0.2, -0.15) is 0 Å². The number of aliphatic carboxylic acids is 1. The number of hydrogen-bond acceptors (Lipinski definition) is 9. The van der Waals surface area contributed by atoms with E-state index in [9.17, 15) is 19.5 Å². The molecule has 0 aliphatic carbocycles. The fourth-order valence-electron chi connectivity index (χ4n) is 4.00. The highest BCUT2D eigenvalue weighted by molar-refractivity contribution is 7.07. The molecular weight excluding hydrogens is 555 g/mol. The van der Waals surface area contributed by atoms with Crippen molar-refractivity contribution in [2.24, 2.45) is 4.99 Å². The number of rotatable bonds is 8. The van der Waals surface area contributed by atoms with E-state index in [-0.39, 0.29) is 33.5 Å². The minimum absolute atomic E-state index is 0.0103. The summed E-state index contributed by atoms with van der Waals surface area (Å²) in [7, 11) is 1.53. The highest BCUT2D eigenvalue weighted by Crippen LogP contribution is 2.35. The Balaban J connectivity index is 1.88. The van der Waals surface area contributed by atoms with Crippen molar-refractivity contribution in [2.45, 2.75) is 19.9 Å². The number of thiazole rings is 1. The van der Waals surface area contributed by atoms with Gasteiger partial charge in [0.15, 0.2) is 10.6 Å². The van der Waals surface area contributed by atoms with Gasteiger partial charge in [0.05, 0.1) is 51.6 Å². The summed E-state index contributed by atoms with van der Waals surface area (Å²) in [5.74, 6) is -1.44. The zero-order chi connectivity index (χ0) is 27.6. The standard InChI is InChI=1S/C26H22Cl2N2O7S/c1-4-36-25(34)21-13(2)29-26-30(22(21)15-6-5-7-16(11-15)35-3)24(33)19(38-26)10-14-8-17(27)23(18(28)9-14)37-12-20(31)32/h5-11,22H,4,12H2,1-3H3,(H,31,32)/p-1/b19-10-/t22-/m1/s1. The number of esters is 1. The van der Waals surface area contributed by atoms with Crippen LogP contribution in [0.2, 0.25) is 10.0 Å². The highest BCUT2D eigenvalue weighted by atomic mass is 35.5. The van der Waals surface area contributed by atoms with Crippen LogP contribution in [-0.4, -0.2) is 36.8 Å². The lowest BCUT2D eigenvalue weighted by Gasteiger charge is -2.25. The van der Waals surface area contributed by atoms with Gasteiger partial charge in [0.1, 0.15) is 12.4 Å². The van der Waals surface area contributed by atoms with Crippen LogP contribution in [0.15, 0.2) is 57.5 Å². The molecule has 1 atom stereocenters. The SMILES string of the molecule is CCOC(=O)C1=C(C)N=c2s/c(=C\c3cc(Cl)c(OCC(=O)[O-])c(Cl)c3)c(=O)n2[C@@H]1c1cccc(OC)c1. The Morgan fingerprint density at radius 3 is 2.55 bits per heavy atom. The minimum Gasteiger partial charge on any atom is -0.546 e. The fourth-order valence-corrected chi connectivity index (χ4v) is 5.66. The van der Waals surface area contributed by atoms with Crippen molar-refractivity contribution in [3.8, 4) is 11.5 Å². The van der Waals surface area contributed by atoms with Crippen LogP contribution in [0.1, 0.15) is 31.0 Å². The molecule has 0 unspecified atom stereocenters. The number of carbonyl (C=O) groups excluding carboxylic acids is 2. The molecule has 0 fully saturated rings. The first-order valence-electron chi connectivity index (χ1n) is 11.3. The van der Waals surface area contributed by atoms with Crippen molar-refractivity contribution in [1.29, 1.82) is 0 Å². The maximum atomic E-state index is 13.7. The highest BCUT2D eigenvalue weighted by Gasteiger charge is 2.33. The van der Waals surface area contributed by atoms with E-state index in [1.54, 1.807) is 44.2 Å². The van der Waals surface area contributed by atoms with Gasteiger partial charge in [-0.25, -0.2) is 9.79 Å². The molecule has 1 aromatic heterocycles. The lowest BCUT2D eigenvalue weighted by molar-refractivity contribution is -0.307. The summed E-state index contributed by atoms with van der Waals surface area (Å²) in [5.41, 5.74) is 1.42. The number of carbonyl (C=O) groups is 2. The van der Waals surface area contributed by atoms with Gasteiger partial charge < -0.3 is 24.1 Å². The Labute approximate surface area is 230 Å². The second-order valence-corrected chi connectivity index (χ2v) is 9.88. The summed E-state index contributed by atoms with van der Waals surface area (Å²) in [4.78, 5) is 42.4. The summed E-state index contributed by atoms with van der Waals surface area (Å²) in [5, 5.41) is 10.8. The number of ether oxygens (including phenoxy) is 3. The summed E-state index contributed by atoms with van der Waals surface area (Å²) >= 11 is 13.6. The van der Waals surface area contributed by atoms with Crippen molar-refractivity contribution < 1.29 is 28.9 Å². The Kier molecular flexibility index (Phi) is 8.25. The van der Waals surface area contributed by atoms with Crippen LogP contribution in [0.5, 0.6) is 11.5 Å². The number of allylic oxidation sites excluding steroid dienone is 1. The largest absolute Gasteiger partial charge is 0.546 e. The number of nitrogens with zero attached hydrogens (tertiary/aromatic N) is 2. The number of methoxy groups -OCH3 is 1. The van der Waals surface area contributed by atoms with Crippen LogP contribution < -0.4 is 29.5 Å². The predicted octanol–water partition coefficient (Wildman–Crippen LogP) is 2.24. The van der Waals surface area contributed by atoms with Gasteiger partial charge in [0, 0.05) is 0 Å². The first-order chi connectivity index (χ1) is 18.1. The molecule has 2 aromatic carbocycles. The second-order valence-electron chi connectivity index (χ2n) is 8.05. The quantitative estimate of drug-likeness (QED) is 0.378. The molecule has 0 radical (unpaired) electrons. The molecule has 198 valence electrons. The van der Waals surface area contributed by atoms with Crippen LogP contribution in [0.4, 0.5) is 0 Å². The third-order valence-corrected chi connectivity index (χ3v) is 7.12. The van der Waals surface area contributed by atoms with Gasteiger partial charge in [-0.05, 0) is 55.3 Å². The Bertz CT molecular complexity index is 1620. The van der Waals surface area contributed by atoms with Crippen molar-refractivity contribution >= 4 is 52.6 Å². The number of carboxylic acids is 1. The van der Waals surface area contributed by atoms with Crippen LogP contribution in [0, 0.1) is 0 Å². The molecule has 2 heterocycles. The molecule has 1 aliphatic rings. The Morgan fingerprint density at radius 2 is 1.92 bits per heavy atom. The molecule has 4 rings (SSSR count). The maximum absolute atomic E-state index is 13.7. The van der Waals surface area contributed by atoms with Crippen molar-refractivity contribution in [3.05, 3.63) is 88.5 Å². The number of carboxylic acid groups (broad SMARTS) is 1. The van der Waals surface area contributed by atoms with Crippen LogP contribution in [-0.2, 0) is 14.3 Å². The first-order valence-corrected chi connectivity index (χ1v) is 12.9. The predicted molar refractivity (Wildman–Crippen MR) is 140 cm³/mol. The molecule has 1 aliphatic heterocycles. The van der Waals surface area contributed by atoms with E-state index >= 15 is 0 Å². The van der Waals surface area contributed by atoms with Crippen LogP contribution >= 0.6 is 34.5 Å². The summed E-state index contributed by atoms with van der Waals surface area (Å²) in [6.45, 7) is 2.84. The average Bonchev–Trinajstić information content (AvgIpc) is 3.16. The van der Waals surface area contributed by atoms with Crippen molar-refractivity contribution in [3.63, 3.8) is 0 Å². The van der Waals surface area contributed by atoms with Gasteiger partial charge in [-0.3, -0.25) is 9.36 Å². The van der Waals surface area contributed by atoms with E-state index in [1.165, 1.54) is 23.8 Å². The molecule has 0 bridgehead atoms. The number of aromatic nitrogens is 1. The first kappa shape index (κ1) is 27.4. The van der Waals surface area contributed by atoms with Crippen molar-refractivity contribution in [1.82, 2.24) is 4.57 Å². The van der Waals surface area contributed by atoms with Gasteiger partial charge in [-0.1, -0.05) is 46.7 Å². The number of benzene rings is 2. The topological polar surface area (TPSA) is 119 Å². The van der Waals surface area contributed by atoms with E-state index in [4.69, 9.17) is 37.4 Å². The number of halogens is 2. The van der Waals surface area contributed by atoms with E-state index in [2.05, 4.69) is 4.99 Å². The lowest BCUT2D eigenvalue weighted by Crippen LogP contribution is -2.39. The second kappa shape index (κ2) is 11.4. The third kappa shape index (κ3) is 5.47. The zero-order valence-corrected chi connectivity index (χ0v) is 22.8. The van der Waals surface area contributed by atoms with Crippen LogP contribution in [0.3, 0.4) is 0 Å². The van der Waals surface area contributed by atoms with E-state index in [1.807, 2.05) is 0 Å². The molecule has 0 N–H and O–H groups in total. The molecule has 0 saturated heterocycles. The average molecular weight is 576 g/mol. The molecule has 0 spiro atoms. The number of hydrogen-bond donors (Lipinski definition) is 0. The third-order valence-electron chi connectivity index (χ3n) is 5.58. The molecule has 9 nitrogen and oxygen atoms in total. The summed E-state index contributed by atoms with van der Waals surface area (Å²) in [6.07, 6.45) is 1.58. The number of fused-ring (bicyclic) bond motifs is 1. The van der Waals surface area contributed by atoms with Gasteiger partial charge in [-0.15, -0.1) is 0 Å². The van der Waals surface area contributed by atoms with Crippen LogP contribution in [0.25, 0.3) is 6.08 Å². The van der Waals surface area contributed by atoms with Gasteiger partial charge in [0.25, 0.3) is 5.56 Å². The molecule has 38 heavy (non-hydrogen) atoms. The zero-order valence-electron chi connectivity index (χ0n) is 20.4. The van der Waals surface area contributed by atoms with E-state index in [0.717, 1.165) is 11.3 Å². The van der Waals surface area contributed by atoms with E-state index in [0.29, 0.717) is 31.9 Å². The molecule has 0 amide bonds. The summed E-state index contributed by atoms with van der Waals surface area (Å²) < 4.78 is 17.5.